The number of hydrogen-bond acceptors (Lipinski definition) is 7. The van der Waals surface area contributed by atoms with Gasteiger partial charge in [0.1, 0.15) is 12.5 Å². The Morgan fingerprint density at radius 3 is 2.09 bits per heavy atom. The van der Waals surface area contributed by atoms with E-state index in [-0.39, 0.29) is 29.7 Å². The molecule has 2 aromatic carbocycles. The summed E-state index contributed by atoms with van der Waals surface area (Å²) in [5.41, 5.74) is -0.209. The highest BCUT2D eigenvalue weighted by atomic mass is 19.4. The zero-order valence-electron chi connectivity index (χ0n) is 18.1. The lowest BCUT2D eigenvalue weighted by atomic mass is 10.0. The molecule has 0 spiro atoms. The number of carbonyl (C=O) groups excluding carboxylic acids is 3. The maximum Gasteiger partial charge on any atom is 0.416 e. The van der Waals surface area contributed by atoms with Crippen LogP contribution < -0.4 is 0 Å². The Hall–Kier alpha value is -3.69. The van der Waals surface area contributed by atoms with Crippen molar-refractivity contribution in [2.24, 2.45) is 5.92 Å². The molecule has 0 fully saturated rings. The van der Waals surface area contributed by atoms with Crippen molar-refractivity contribution in [1.29, 1.82) is 5.41 Å². The number of methoxy groups -OCH3 is 1. The van der Waals surface area contributed by atoms with Gasteiger partial charge in [0.15, 0.2) is 0 Å². The first-order valence-electron chi connectivity index (χ1n) is 9.80. The number of esters is 3. The largest absolute Gasteiger partial charge is 0.468 e. The van der Waals surface area contributed by atoms with E-state index in [1.807, 2.05) is 0 Å². The number of halogens is 3. The summed E-state index contributed by atoms with van der Waals surface area (Å²) < 4.78 is 52.7. The minimum Gasteiger partial charge on any atom is -0.468 e. The molecular weight excluding hydrogens is 443 g/mol. The van der Waals surface area contributed by atoms with Crippen LogP contribution in [0.5, 0.6) is 0 Å². The summed E-state index contributed by atoms with van der Waals surface area (Å²) in [6, 6.07) is 8.39. The summed E-state index contributed by atoms with van der Waals surface area (Å²) in [6.07, 6.45) is -4.28. The third kappa shape index (κ3) is 6.41. The van der Waals surface area contributed by atoms with Crippen molar-refractivity contribution in [3.8, 4) is 0 Å². The molecular formula is C23H22F3NO6. The van der Waals surface area contributed by atoms with Crippen molar-refractivity contribution in [2.45, 2.75) is 33.1 Å². The van der Waals surface area contributed by atoms with E-state index in [0.29, 0.717) is 5.56 Å². The second kappa shape index (κ2) is 10.8. The van der Waals surface area contributed by atoms with Crippen molar-refractivity contribution in [2.75, 3.05) is 7.11 Å². The molecule has 7 nitrogen and oxygen atoms in total. The molecule has 1 atom stereocenters. The van der Waals surface area contributed by atoms with Gasteiger partial charge in [0.05, 0.1) is 23.8 Å². The van der Waals surface area contributed by atoms with Gasteiger partial charge in [0.25, 0.3) is 0 Å². The summed E-state index contributed by atoms with van der Waals surface area (Å²) in [6.45, 7) is 2.84. The van der Waals surface area contributed by atoms with E-state index in [9.17, 15) is 27.6 Å². The van der Waals surface area contributed by atoms with Gasteiger partial charge < -0.3 is 14.2 Å². The molecule has 0 radical (unpaired) electrons. The summed E-state index contributed by atoms with van der Waals surface area (Å²) in [4.78, 5) is 36.7. The third-order valence-electron chi connectivity index (χ3n) is 4.84. The van der Waals surface area contributed by atoms with Crippen LogP contribution in [0.2, 0.25) is 0 Å². The van der Waals surface area contributed by atoms with Crippen LogP contribution in [0.15, 0.2) is 42.5 Å². The van der Waals surface area contributed by atoms with Gasteiger partial charge in [-0.15, -0.1) is 0 Å². The van der Waals surface area contributed by atoms with Crippen LogP contribution in [-0.2, 0) is 31.8 Å². The smallest absolute Gasteiger partial charge is 0.416 e. The Morgan fingerprint density at radius 2 is 1.58 bits per heavy atom. The Morgan fingerprint density at radius 1 is 1.00 bits per heavy atom. The first kappa shape index (κ1) is 25.6. The SMILES string of the molecule is CC[C@H](C(=N)OC(=O)c1cccc(C(=O)OCc2ccc(C(F)(F)F)cc2)c1C)C(=O)OC. The lowest BCUT2D eigenvalue weighted by molar-refractivity contribution is -0.143. The lowest BCUT2D eigenvalue weighted by Crippen LogP contribution is -2.28. The van der Waals surface area contributed by atoms with Gasteiger partial charge >= 0.3 is 24.1 Å². The minimum absolute atomic E-state index is 0.0107. The number of nitrogens with one attached hydrogen (secondary N) is 1. The predicted molar refractivity (Wildman–Crippen MR) is 111 cm³/mol. The van der Waals surface area contributed by atoms with Gasteiger partial charge in [-0.05, 0) is 48.7 Å². The van der Waals surface area contributed by atoms with Crippen LogP contribution in [0.25, 0.3) is 0 Å². The normalized spacial score (nSPS) is 11.9. The molecule has 0 bridgehead atoms. The Kier molecular flexibility index (Phi) is 8.33. The number of alkyl halides is 3. The molecule has 0 aliphatic carbocycles. The predicted octanol–water partition coefficient (Wildman–Crippen LogP) is 4.70. The molecule has 0 unspecified atom stereocenters. The van der Waals surface area contributed by atoms with Gasteiger partial charge in [-0.1, -0.05) is 25.1 Å². The molecule has 1 N–H and O–H groups in total. The highest BCUT2D eigenvalue weighted by Crippen LogP contribution is 2.29. The first-order chi connectivity index (χ1) is 15.5. The molecule has 0 saturated carbocycles. The number of rotatable bonds is 7. The summed E-state index contributed by atoms with van der Waals surface area (Å²) in [5, 5.41) is 7.88. The van der Waals surface area contributed by atoms with Crippen molar-refractivity contribution in [3.05, 3.63) is 70.3 Å². The molecule has 33 heavy (non-hydrogen) atoms. The number of hydrogen-bond donors (Lipinski definition) is 1. The second-order valence-corrected chi connectivity index (χ2v) is 6.99. The lowest BCUT2D eigenvalue weighted by Gasteiger charge is -2.15. The maximum atomic E-state index is 12.6. The van der Waals surface area contributed by atoms with Crippen LogP contribution in [0.3, 0.4) is 0 Å². The van der Waals surface area contributed by atoms with Gasteiger partial charge in [0, 0.05) is 0 Å². The average molecular weight is 465 g/mol. The third-order valence-corrected chi connectivity index (χ3v) is 4.84. The van der Waals surface area contributed by atoms with Crippen molar-refractivity contribution >= 4 is 23.8 Å². The molecule has 0 aliphatic heterocycles. The molecule has 0 aliphatic rings. The van der Waals surface area contributed by atoms with E-state index in [4.69, 9.17) is 14.9 Å². The first-order valence-corrected chi connectivity index (χ1v) is 9.80. The maximum absolute atomic E-state index is 12.6. The van der Waals surface area contributed by atoms with E-state index in [0.717, 1.165) is 19.2 Å². The van der Waals surface area contributed by atoms with E-state index in [1.165, 1.54) is 37.3 Å². The minimum atomic E-state index is -4.47. The molecule has 10 heteroatoms. The number of ether oxygens (including phenoxy) is 3. The molecule has 0 heterocycles. The molecule has 2 rings (SSSR count). The summed E-state index contributed by atoms with van der Waals surface area (Å²) in [5.74, 6) is -4.07. The topological polar surface area (TPSA) is 103 Å². The van der Waals surface area contributed by atoms with E-state index in [1.54, 1.807) is 6.92 Å². The fourth-order valence-electron chi connectivity index (χ4n) is 2.92. The molecule has 0 saturated heterocycles. The Labute approximate surface area is 188 Å². The van der Waals surface area contributed by atoms with Crippen molar-refractivity contribution < 1.29 is 41.8 Å². The summed E-state index contributed by atoms with van der Waals surface area (Å²) >= 11 is 0. The quantitative estimate of drug-likeness (QED) is 0.275. The van der Waals surface area contributed by atoms with Crippen molar-refractivity contribution in [1.82, 2.24) is 0 Å². The Bertz CT molecular complexity index is 1050. The number of carbonyl (C=O) groups is 3. The highest BCUT2D eigenvalue weighted by Gasteiger charge is 2.30. The van der Waals surface area contributed by atoms with Crippen LogP contribution in [0, 0.1) is 18.3 Å². The van der Waals surface area contributed by atoms with Crippen LogP contribution >= 0.6 is 0 Å². The van der Waals surface area contributed by atoms with E-state index in [2.05, 4.69) is 4.74 Å². The monoisotopic (exact) mass is 465 g/mol. The van der Waals surface area contributed by atoms with E-state index < -0.39 is 41.5 Å². The van der Waals surface area contributed by atoms with Crippen LogP contribution in [0.1, 0.15) is 50.8 Å². The Balaban J connectivity index is 2.10. The summed E-state index contributed by atoms with van der Waals surface area (Å²) in [7, 11) is 1.16. The highest BCUT2D eigenvalue weighted by molar-refractivity contribution is 6.05. The number of benzene rings is 2. The van der Waals surface area contributed by atoms with Gasteiger partial charge in [-0.2, -0.15) is 13.2 Å². The van der Waals surface area contributed by atoms with Crippen LogP contribution in [-0.4, -0.2) is 30.9 Å². The fraction of sp³-hybridized carbons (Fsp3) is 0.304. The van der Waals surface area contributed by atoms with Crippen LogP contribution in [0.4, 0.5) is 13.2 Å². The zero-order chi connectivity index (χ0) is 24.8. The van der Waals surface area contributed by atoms with Gasteiger partial charge in [0.2, 0.25) is 5.90 Å². The second-order valence-electron chi connectivity index (χ2n) is 6.99. The molecule has 176 valence electrons. The average Bonchev–Trinajstić information content (AvgIpc) is 2.77. The molecule has 0 aromatic heterocycles. The van der Waals surface area contributed by atoms with Gasteiger partial charge in [-0.3, -0.25) is 10.2 Å². The van der Waals surface area contributed by atoms with Gasteiger partial charge in [-0.25, -0.2) is 9.59 Å². The molecule has 0 amide bonds. The fourth-order valence-corrected chi connectivity index (χ4v) is 2.92. The van der Waals surface area contributed by atoms with Crippen molar-refractivity contribution in [3.63, 3.8) is 0 Å². The standard InChI is InChI=1S/C23H22F3NO6/c1-4-16(20(28)31-3)19(27)33-22(30)18-7-5-6-17(13(18)2)21(29)32-12-14-8-10-15(11-9-14)23(24,25)26/h5-11,16,27H,4,12H2,1-3H3/t16-/m1/s1. The van der Waals surface area contributed by atoms with E-state index >= 15 is 0 Å². The zero-order valence-corrected chi connectivity index (χ0v) is 18.1. The molecule has 2 aromatic rings.